The molecule has 4 aliphatic rings. The molecule has 0 bridgehead atoms. The zero-order valence-electron chi connectivity index (χ0n) is 19.0. The number of fused-ring (bicyclic) bond motifs is 5. The number of nitrogens with two attached hydrogens (primary N) is 2. The molecule has 3 atom stereocenters. The highest BCUT2D eigenvalue weighted by atomic mass is 15.1. The van der Waals surface area contributed by atoms with Crippen LogP contribution in [0.1, 0.15) is 75.6 Å². The van der Waals surface area contributed by atoms with E-state index in [1.54, 1.807) is 0 Å². The topological polar surface area (TPSA) is 55.3 Å². The number of hydrogen-bond acceptors (Lipinski definition) is 3. The number of benzene rings is 1. The van der Waals surface area contributed by atoms with E-state index in [1.807, 2.05) is 0 Å². The lowest BCUT2D eigenvalue weighted by molar-refractivity contribution is 0.252. The van der Waals surface area contributed by atoms with Gasteiger partial charge in [-0.25, -0.2) is 0 Å². The van der Waals surface area contributed by atoms with Crippen LogP contribution in [0.5, 0.6) is 0 Å². The van der Waals surface area contributed by atoms with Gasteiger partial charge in [0, 0.05) is 6.04 Å². The molecule has 1 aromatic rings. The summed E-state index contributed by atoms with van der Waals surface area (Å²) in [6, 6.07) is 5.40. The molecule has 29 heavy (non-hydrogen) atoms. The van der Waals surface area contributed by atoms with E-state index in [0.29, 0.717) is 17.9 Å². The van der Waals surface area contributed by atoms with Crippen LogP contribution in [-0.4, -0.2) is 25.0 Å². The van der Waals surface area contributed by atoms with Crippen molar-refractivity contribution in [3.63, 3.8) is 0 Å². The SMILES string of the molecule is CN(C)C1CCC2C=C3C(=CC21)C(N)(N)c1cc2c(cc13)C(C)(C)CCC2(C)C. The molecule has 0 aromatic heterocycles. The smallest absolute Gasteiger partial charge is 0.117 e. The van der Waals surface area contributed by atoms with Crippen LogP contribution in [0, 0.1) is 11.8 Å². The third-order valence-corrected chi connectivity index (χ3v) is 8.60. The van der Waals surface area contributed by atoms with Crippen molar-refractivity contribution in [3.8, 4) is 0 Å². The van der Waals surface area contributed by atoms with Crippen LogP contribution in [0.3, 0.4) is 0 Å². The van der Waals surface area contributed by atoms with Crippen molar-refractivity contribution in [3.05, 3.63) is 52.1 Å². The summed E-state index contributed by atoms with van der Waals surface area (Å²) < 4.78 is 0. The predicted molar refractivity (Wildman–Crippen MR) is 122 cm³/mol. The van der Waals surface area contributed by atoms with Gasteiger partial charge >= 0.3 is 0 Å². The van der Waals surface area contributed by atoms with Crippen molar-refractivity contribution >= 4 is 5.57 Å². The van der Waals surface area contributed by atoms with Gasteiger partial charge < -0.3 is 16.4 Å². The minimum atomic E-state index is -0.891. The third-order valence-electron chi connectivity index (χ3n) is 8.60. The van der Waals surface area contributed by atoms with Gasteiger partial charge in [0.05, 0.1) is 0 Å². The molecule has 0 saturated heterocycles. The maximum Gasteiger partial charge on any atom is 0.117 e. The van der Waals surface area contributed by atoms with Crippen LogP contribution in [0.4, 0.5) is 0 Å². The first kappa shape index (κ1) is 19.5. The van der Waals surface area contributed by atoms with E-state index in [-0.39, 0.29) is 10.8 Å². The van der Waals surface area contributed by atoms with Crippen molar-refractivity contribution in [1.29, 1.82) is 0 Å². The van der Waals surface area contributed by atoms with Crippen molar-refractivity contribution in [1.82, 2.24) is 4.90 Å². The van der Waals surface area contributed by atoms with Crippen LogP contribution in [0.15, 0.2) is 29.9 Å². The second kappa shape index (κ2) is 5.84. The van der Waals surface area contributed by atoms with Crippen LogP contribution in [0.25, 0.3) is 5.57 Å². The molecule has 0 radical (unpaired) electrons. The molecule has 3 heteroatoms. The fourth-order valence-electron chi connectivity index (χ4n) is 6.57. The lowest BCUT2D eigenvalue weighted by atomic mass is 9.62. The Bertz CT molecular complexity index is 945. The maximum absolute atomic E-state index is 6.89. The molecule has 1 saturated carbocycles. The molecule has 3 nitrogen and oxygen atoms in total. The number of allylic oxidation sites excluding steroid dienone is 1. The highest BCUT2D eigenvalue weighted by Gasteiger charge is 2.48. The summed E-state index contributed by atoms with van der Waals surface area (Å²) in [6.07, 6.45) is 9.87. The number of hydrogen-bond donors (Lipinski definition) is 2. The van der Waals surface area contributed by atoms with E-state index in [2.05, 4.69) is 71.0 Å². The van der Waals surface area contributed by atoms with E-state index in [0.717, 1.165) is 11.1 Å². The Balaban J connectivity index is 1.70. The summed E-state index contributed by atoms with van der Waals surface area (Å²) in [5.41, 5.74) is 21.1. The molecular weight excluding hydrogens is 354 g/mol. The molecule has 1 fully saturated rings. The summed E-state index contributed by atoms with van der Waals surface area (Å²) in [4.78, 5) is 2.38. The fourth-order valence-corrected chi connectivity index (χ4v) is 6.57. The zero-order chi connectivity index (χ0) is 20.9. The molecule has 4 N–H and O–H groups in total. The van der Waals surface area contributed by atoms with Crippen LogP contribution < -0.4 is 11.5 Å². The summed E-state index contributed by atoms with van der Waals surface area (Å²) >= 11 is 0. The summed E-state index contributed by atoms with van der Waals surface area (Å²) in [5, 5.41) is 0. The molecule has 4 aliphatic carbocycles. The molecule has 0 spiro atoms. The van der Waals surface area contributed by atoms with Gasteiger partial charge in [-0.05, 0) is 102 Å². The first-order chi connectivity index (χ1) is 13.4. The Labute approximate surface area is 176 Å². The molecule has 0 heterocycles. The molecular formula is C26H37N3. The fraction of sp³-hybridized carbons (Fsp3) is 0.615. The quantitative estimate of drug-likeness (QED) is 0.698. The van der Waals surface area contributed by atoms with E-state index in [9.17, 15) is 0 Å². The van der Waals surface area contributed by atoms with Gasteiger partial charge in [-0.3, -0.25) is 0 Å². The predicted octanol–water partition coefficient (Wildman–Crippen LogP) is 4.40. The standard InChI is InChI=1S/C26H37N3/c1-24(2)9-10-25(3,4)22-14-20-18(13-21(22)24)17-11-15-7-8-23(29(5)6)16(15)12-19(17)26(20,27)28/h11-16,23H,7-10,27-28H2,1-6H3. The molecule has 0 aliphatic heterocycles. The lowest BCUT2D eigenvalue weighted by Gasteiger charge is -2.42. The van der Waals surface area contributed by atoms with E-state index in [1.165, 1.54) is 47.9 Å². The lowest BCUT2D eigenvalue weighted by Crippen LogP contribution is -2.47. The van der Waals surface area contributed by atoms with Crippen LogP contribution in [-0.2, 0) is 16.5 Å². The molecule has 3 unspecified atom stereocenters. The Morgan fingerprint density at radius 3 is 2.10 bits per heavy atom. The van der Waals surface area contributed by atoms with Gasteiger partial charge in [-0.15, -0.1) is 0 Å². The van der Waals surface area contributed by atoms with E-state index < -0.39 is 5.66 Å². The Kier molecular flexibility index (Phi) is 3.93. The van der Waals surface area contributed by atoms with Crippen molar-refractivity contribution in [2.24, 2.45) is 23.3 Å². The third kappa shape index (κ3) is 2.60. The second-order valence-electron chi connectivity index (χ2n) is 11.6. The highest BCUT2D eigenvalue weighted by molar-refractivity contribution is 5.91. The minimum Gasteiger partial charge on any atom is -0.306 e. The average Bonchev–Trinajstić information content (AvgIpc) is 3.15. The van der Waals surface area contributed by atoms with Gasteiger partial charge in [0.25, 0.3) is 0 Å². The van der Waals surface area contributed by atoms with E-state index in [4.69, 9.17) is 11.5 Å². The molecule has 5 rings (SSSR count). The molecule has 156 valence electrons. The van der Waals surface area contributed by atoms with Gasteiger partial charge in [-0.1, -0.05) is 45.9 Å². The van der Waals surface area contributed by atoms with Gasteiger partial charge in [0.1, 0.15) is 5.66 Å². The number of rotatable bonds is 1. The van der Waals surface area contributed by atoms with E-state index >= 15 is 0 Å². The molecule has 0 amide bonds. The normalized spacial score (nSPS) is 32.8. The molecule has 1 aromatic carbocycles. The Morgan fingerprint density at radius 1 is 0.862 bits per heavy atom. The summed E-state index contributed by atoms with van der Waals surface area (Å²) in [6.45, 7) is 9.52. The maximum atomic E-state index is 6.89. The van der Waals surface area contributed by atoms with Gasteiger partial charge in [0.2, 0.25) is 0 Å². The largest absolute Gasteiger partial charge is 0.306 e. The van der Waals surface area contributed by atoms with Crippen LogP contribution >= 0.6 is 0 Å². The summed E-state index contributed by atoms with van der Waals surface area (Å²) in [5.74, 6) is 1.12. The van der Waals surface area contributed by atoms with Crippen molar-refractivity contribution in [2.45, 2.75) is 75.9 Å². The van der Waals surface area contributed by atoms with Gasteiger partial charge in [0.15, 0.2) is 0 Å². The van der Waals surface area contributed by atoms with Crippen LogP contribution in [0.2, 0.25) is 0 Å². The van der Waals surface area contributed by atoms with Crippen molar-refractivity contribution < 1.29 is 0 Å². The Hall–Kier alpha value is -1.42. The van der Waals surface area contributed by atoms with Crippen molar-refractivity contribution in [2.75, 3.05) is 14.1 Å². The first-order valence-corrected chi connectivity index (χ1v) is 11.3. The average molecular weight is 392 g/mol. The van der Waals surface area contributed by atoms with Gasteiger partial charge in [-0.2, -0.15) is 0 Å². The zero-order valence-corrected chi connectivity index (χ0v) is 19.0. The second-order valence-corrected chi connectivity index (χ2v) is 11.6. The monoisotopic (exact) mass is 391 g/mol. The minimum absolute atomic E-state index is 0.166. The first-order valence-electron chi connectivity index (χ1n) is 11.3. The Morgan fingerprint density at radius 2 is 1.48 bits per heavy atom. The highest BCUT2D eigenvalue weighted by Crippen LogP contribution is 2.55. The number of nitrogens with zero attached hydrogens (tertiary/aromatic N) is 1. The summed E-state index contributed by atoms with van der Waals surface area (Å²) in [7, 11) is 4.40.